The van der Waals surface area contributed by atoms with Crippen LogP contribution in [0.3, 0.4) is 0 Å². The van der Waals surface area contributed by atoms with Gasteiger partial charge < -0.3 is 10.1 Å². The van der Waals surface area contributed by atoms with Crippen molar-refractivity contribution in [2.24, 2.45) is 0 Å². The molecule has 0 aliphatic heterocycles. The van der Waals surface area contributed by atoms with Crippen molar-refractivity contribution in [3.05, 3.63) is 54.1 Å². The predicted octanol–water partition coefficient (Wildman–Crippen LogP) is 3.68. The van der Waals surface area contributed by atoms with E-state index >= 15 is 0 Å². The van der Waals surface area contributed by atoms with Gasteiger partial charge in [-0.3, -0.25) is 10.1 Å². The second-order valence-corrected chi connectivity index (χ2v) is 8.73. The van der Waals surface area contributed by atoms with E-state index in [1.54, 1.807) is 36.4 Å². The number of rotatable bonds is 10. The molecule has 162 valence electrons. The number of sulfonamides is 1. The molecule has 0 radical (unpaired) electrons. The van der Waals surface area contributed by atoms with Crippen LogP contribution in [0.5, 0.6) is 5.75 Å². The SMILES string of the molecule is CCCCOc1ccc(C(=O)NC(=S)Nc2ccc(S(=O)(=O)NCCC)cc2)cc1. The number of nitrogens with one attached hydrogen (secondary N) is 3. The normalized spacial score (nSPS) is 11.0. The zero-order valence-electron chi connectivity index (χ0n) is 17.1. The molecule has 30 heavy (non-hydrogen) atoms. The molecule has 0 fully saturated rings. The lowest BCUT2D eigenvalue weighted by molar-refractivity contribution is 0.0977. The van der Waals surface area contributed by atoms with E-state index in [0.717, 1.165) is 12.8 Å². The molecule has 2 rings (SSSR count). The third kappa shape index (κ3) is 7.40. The first kappa shape index (κ1) is 23.8. The summed E-state index contributed by atoms with van der Waals surface area (Å²) in [5.41, 5.74) is 1.01. The van der Waals surface area contributed by atoms with E-state index in [0.29, 0.717) is 36.6 Å². The average molecular weight is 450 g/mol. The van der Waals surface area contributed by atoms with E-state index in [1.165, 1.54) is 12.1 Å². The molecule has 0 saturated heterocycles. The van der Waals surface area contributed by atoms with Crippen LogP contribution in [0.4, 0.5) is 5.69 Å². The van der Waals surface area contributed by atoms with Crippen molar-refractivity contribution >= 4 is 38.9 Å². The predicted molar refractivity (Wildman–Crippen MR) is 122 cm³/mol. The van der Waals surface area contributed by atoms with Gasteiger partial charge in [-0.1, -0.05) is 20.3 Å². The molecule has 0 heterocycles. The first-order valence-corrected chi connectivity index (χ1v) is 11.7. The van der Waals surface area contributed by atoms with E-state index in [-0.39, 0.29) is 15.9 Å². The molecule has 0 unspecified atom stereocenters. The highest BCUT2D eigenvalue weighted by atomic mass is 32.2. The zero-order chi connectivity index (χ0) is 22.0. The fourth-order valence-corrected chi connectivity index (χ4v) is 3.76. The van der Waals surface area contributed by atoms with Crippen LogP contribution in [0.1, 0.15) is 43.5 Å². The Morgan fingerprint density at radius 2 is 1.67 bits per heavy atom. The lowest BCUT2D eigenvalue weighted by Crippen LogP contribution is -2.34. The summed E-state index contributed by atoms with van der Waals surface area (Å²) in [6, 6.07) is 12.9. The molecule has 3 N–H and O–H groups in total. The molecule has 7 nitrogen and oxygen atoms in total. The van der Waals surface area contributed by atoms with Crippen molar-refractivity contribution in [3.63, 3.8) is 0 Å². The lowest BCUT2D eigenvalue weighted by atomic mass is 10.2. The summed E-state index contributed by atoms with van der Waals surface area (Å²) >= 11 is 5.17. The van der Waals surface area contributed by atoms with Crippen LogP contribution in [-0.4, -0.2) is 32.6 Å². The molecular weight excluding hydrogens is 422 g/mol. The van der Waals surface area contributed by atoms with Crippen LogP contribution < -0.4 is 20.1 Å². The van der Waals surface area contributed by atoms with Crippen molar-refractivity contribution in [2.75, 3.05) is 18.5 Å². The summed E-state index contributed by atoms with van der Waals surface area (Å²) < 4.78 is 32.3. The van der Waals surface area contributed by atoms with Crippen LogP contribution in [0, 0.1) is 0 Å². The highest BCUT2D eigenvalue weighted by molar-refractivity contribution is 7.89. The number of anilines is 1. The summed E-state index contributed by atoms with van der Waals surface area (Å²) in [6.45, 7) is 5.00. The Hall–Kier alpha value is -2.49. The Morgan fingerprint density at radius 1 is 1.00 bits per heavy atom. The summed E-state index contributed by atoms with van der Waals surface area (Å²) in [5.74, 6) is 0.361. The highest BCUT2D eigenvalue weighted by Crippen LogP contribution is 2.15. The van der Waals surface area contributed by atoms with Gasteiger partial charge in [0, 0.05) is 17.8 Å². The Bertz CT molecular complexity index is 943. The van der Waals surface area contributed by atoms with Crippen LogP contribution in [-0.2, 0) is 10.0 Å². The van der Waals surface area contributed by atoms with Crippen molar-refractivity contribution in [2.45, 2.75) is 38.0 Å². The smallest absolute Gasteiger partial charge is 0.257 e. The van der Waals surface area contributed by atoms with E-state index in [2.05, 4.69) is 22.3 Å². The number of carbonyl (C=O) groups is 1. The molecule has 0 bridgehead atoms. The van der Waals surface area contributed by atoms with Gasteiger partial charge in [0.1, 0.15) is 5.75 Å². The van der Waals surface area contributed by atoms with Gasteiger partial charge in [0.25, 0.3) is 5.91 Å². The molecular formula is C21H27N3O4S2. The second-order valence-electron chi connectivity index (χ2n) is 6.56. The minimum absolute atomic E-state index is 0.114. The molecule has 0 aliphatic rings. The fraction of sp³-hybridized carbons (Fsp3) is 0.333. The van der Waals surface area contributed by atoms with Gasteiger partial charge >= 0.3 is 0 Å². The zero-order valence-corrected chi connectivity index (χ0v) is 18.7. The first-order chi connectivity index (χ1) is 14.4. The van der Waals surface area contributed by atoms with E-state index in [1.807, 2.05) is 6.92 Å². The third-order valence-electron chi connectivity index (χ3n) is 4.07. The maximum absolute atomic E-state index is 12.3. The molecule has 0 spiro atoms. The Morgan fingerprint density at radius 3 is 2.27 bits per heavy atom. The largest absolute Gasteiger partial charge is 0.494 e. The fourth-order valence-electron chi connectivity index (χ4n) is 2.41. The number of hydrogen-bond acceptors (Lipinski definition) is 5. The Balaban J connectivity index is 1.90. The van der Waals surface area contributed by atoms with Gasteiger partial charge in [-0.15, -0.1) is 0 Å². The van der Waals surface area contributed by atoms with Gasteiger partial charge in [0.05, 0.1) is 11.5 Å². The van der Waals surface area contributed by atoms with Crippen LogP contribution in [0.25, 0.3) is 0 Å². The van der Waals surface area contributed by atoms with E-state index in [9.17, 15) is 13.2 Å². The number of carbonyl (C=O) groups excluding carboxylic acids is 1. The van der Waals surface area contributed by atoms with Crippen LogP contribution in [0.2, 0.25) is 0 Å². The maximum atomic E-state index is 12.3. The maximum Gasteiger partial charge on any atom is 0.257 e. The Kier molecular flexibility index (Phi) is 9.22. The average Bonchev–Trinajstić information content (AvgIpc) is 2.73. The number of thiocarbonyl (C=S) groups is 1. The number of hydrogen-bond donors (Lipinski definition) is 3. The molecule has 0 aliphatic carbocycles. The van der Waals surface area contributed by atoms with E-state index < -0.39 is 10.0 Å². The number of ether oxygens (including phenoxy) is 1. The number of unbranched alkanes of at least 4 members (excludes halogenated alkanes) is 1. The summed E-state index contributed by atoms with van der Waals surface area (Å²) in [7, 11) is -3.52. The van der Waals surface area contributed by atoms with Crippen molar-refractivity contribution < 1.29 is 17.9 Å². The monoisotopic (exact) mass is 449 g/mol. The quantitative estimate of drug-likeness (QED) is 0.378. The molecule has 0 saturated carbocycles. The Labute approximate surface area is 183 Å². The number of benzene rings is 2. The molecule has 2 aromatic carbocycles. The van der Waals surface area contributed by atoms with Gasteiger partial charge in [-0.2, -0.15) is 0 Å². The third-order valence-corrected chi connectivity index (χ3v) is 5.76. The minimum Gasteiger partial charge on any atom is -0.494 e. The molecule has 1 amide bonds. The molecule has 9 heteroatoms. The van der Waals surface area contributed by atoms with Crippen molar-refractivity contribution in [1.29, 1.82) is 0 Å². The second kappa shape index (κ2) is 11.6. The molecule has 0 aromatic heterocycles. The minimum atomic E-state index is -3.52. The summed E-state index contributed by atoms with van der Waals surface area (Å²) in [6.07, 6.45) is 2.74. The summed E-state index contributed by atoms with van der Waals surface area (Å²) in [4.78, 5) is 12.5. The van der Waals surface area contributed by atoms with Crippen molar-refractivity contribution in [1.82, 2.24) is 10.0 Å². The van der Waals surface area contributed by atoms with Crippen LogP contribution >= 0.6 is 12.2 Å². The van der Waals surface area contributed by atoms with Gasteiger partial charge in [-0.05, 0) is 73.6 Å². The van der Waals surface area contributed by atoms with E-state index in [4.69, 9.17) is 17.0 Å². The first-order valence-electron chi connectivity index (χ1n) is 9.80. The topological polar surface area (TPSA) is 96.5 Å². The lowest BCUT2D eigenvalue weighted by Gasteiger charge is -2.11. The van der Waals surface area contributed by atoms with Crippen LogP contribution in [0.15, 0.2) is 53.4 Å². The highest BCUT2D eigenvalue weighted by Gasteiger charge is 2.13. The summed E-state index contributed by atoms with van der Waals surface area (Å²) in [5, 5.41) is 5.58. The van der Waals surface area contributed by atoms with Crippen molar-refractivity contribution in [3.8, 4) is 5.75 Å². The molecule has 0 atom stereocenters. The molecule has 2 aromatic rings. The van der Waals surface area contributed by atoms with Gasteiger partial charge in [0.2, 0.25) is 10.0 Å². The number of amides is 1. The van der Waals surface area contributed by atoms with Gasteiger partial charge in [0.15, 0.2) is 5.11 Å². The van der Waals surface area contributed by atoms with Gasteiger partial charge in [-0.25, -0.2) is 13.1 Å². The standard InChI is InChI=1S/C21H27N3O4S2/c1-3-5-15-28-18-10-6-16(7-11-18)20(25)24-21(29)23-17-8-12-19(13-9-17)30(26,27)22-14-4-2/h6-13,22H,3-5,14-15H2,1-2H3,(H2,23,24,25,29).